The molecular formula is C17H24IN5. The van der Waals surface area contributed by atoms with Crippen LogP contribution in [0, 0.1) is 0 Å². The zero-order valence-corrected chi connectivity index (χ0v) is 16.0. The smallest absolute Gasteiger partial charge is 0.193 e. The molecule has 23 heavy (non-hydrogen) atoms. The lowest BCUT2D eigenvalue weighted by Gasteiger charge is -2.31. The van der Waals surface area contributed by atoms with Gasteiger partial charge in [-0.3, -0.25) is 4.99 Å². The second-order valence-corrected chi connectivity index (χ2v) is 5.80. The SMILES string of the molecule is CN=C(NC1CCC1)N(C)Cc1cnn(-c2ccccc2)c1.I. The van der Waals surface area contributed by atoms with E-state index in [1.165, 1.54) is 24.8 Å². The van der Waals surface area contributed by atoms with Gasteiger partial charge < -0.3 is 10.2 Å². The van der Waals surface area contributed by atoms with Gasteiger partial charge in [0.15, 0.2) is 5.96 Å². The minimum Gasteiger partial charge on any atom is -0.354 e. The Morgan fingerprint density at radius 1 is 1.35 bits per heavy atom. The number of hydrogen-bond donors (Lipinski definition) is 1. The fourth-order valence-corrected chi connectivity index (χ4v) is 2.59. The van der Waals surface area contributed by atoms with Gasteiger partial charge in [-0.2, -0.15) is 5.10 Å². The molecule has 1 aliphatic rings. The predicted molar refractivity (Wildman–Crippen MR) is 105 cm³/mol. The first-order valence-corrected chi connectivity index (χ1v) is 7.79. The first-order valence-electron chi connectivity index (χ1n) is 7.79. The summed E-state index contributed by atoms with van der Waals surface area (Å²) >= 11 is 0. The van der Waals surface area contributed by atoms with Crippen LogP contribution in [0.1, 0.15) is 24.8 Å². The molecule has 0 radical (unpaired) electrons. The molecule has 1 aromatic carbocycles. The largest absolute Gasteiger partial charge is 0.354 e. The number of guanidine groups is 1. The van der Waals surface area contributed by atoms with Gasteiger partial charge in [0.05, 0.1) is 11.9 Å². The van der Waals surface area contributed by atoms with Crippen molar-refractivity contribution in [2.75, 3.05) is 14.1 Å². The summed E-state index contributed by atoms with van der Waals surface area (Å²) in [5.74, 6) is 0.956. The molecule has 0 spiro atoms. The summed E-state index contributed by atoms with van der Waals surface area (Å²) < 4.78 is 1.91. The van der Waals surface area contributed by atoms with E-state index in [1.807, 2.05) is 36.1 Å². The highest BCUT2D eigenvalue weighted by atomic mass is 127. The monoisotopic (exact) mass is 425 g/mol. The van der Waals surface area contributed by atoms with E-state index < -0.39 is 0 Å². The lowest BCUT2D eigenvalue weighted by molar-refractivity contribution is 0.359. The summed E-state index contributed by atoms with van der Waals surface area (Å²) in [6.07, 6.45) is 7.81. The molecule has 0 amide bonds. The Labute approximate surface area is 154 Å². The molecule has 0 bridgehead atoms. The van der Waals surface area contributed by atoms with Crippen molar-refractivity contribution in [1.29, 1.82) is 0 Å². The zero-order valence-electron chi connectivity index (χ0n) is 13.6. The average molecular weight is 425 g/mol. The lowest BCUT2D eigenvalue weighted by Crippen LogP contribution is -2.46. The molecule has 0 saturated heterocycles. The van der Waals surface area contributed by atoms with Gasteiger partial charge in [0, 0.05) is 38.4 Å². The third kappa shape index (κ3) is 4.46. The van der Waals surface area contributed by atoms with Crippen molar-refractivity contribution in [1.82, 2.24) is 20.0 Å². The number of rotatable bonds is 4. The molecule has 1 aromatic heterocycles. The van der Waals surface area contributed by atoms with Gasteiger partial charge in [-0.15, -0.1) is 24.0 Å². The van der Waals surface area contributed by atoms with Crippen molar-refractivity contribution in [3.8, 4) is 5.69 Å². The van der Waals surface area contributed by atoms with Crippen LogP contribution in [0.2, 0.25) is 0 Å². The minimum absolute atomic E-state index is 0. The highest BCUT2D eigenvalue weighted by Crippen LogP contribution is 2.18. The quantitative estimate of drug-likeness (QED) is 0.466. The molecule has 1 aliphatic carbocycles. The Bertz CT molecular complexity index is 633. The molecule has 5 nitrogen and oxygen atoms in total. The number of nitrogens with one attached hydrogen (secondary N) is 1. The zero-order chi connectivity index (χ0) is 15.4. The standard InChI is InChI=1S/C17H23N5.HI/c1-18-17(20-15-7-6-8-15)21(2)12-14-11-19-22(13-14)16-9-4-3-5-10-16;/h3-5,9-11,13,15H,6-8,12H2,1-2H3,(H,18,20);1H. The van der Waals surface area contributed by atoms with E-state index in [0.717, 1.165) is 18.2 Å². The van der Waals surface area contributed by atoms with Crippen molar-refractivity contribution >= 4 is 29.9 Å². The lowest BCUT2D eigenvalue weighted by atomic mass is 9.93. The van der Waals surface area contributed by atoms with Gasteiger partial charge in [-0.25, -0.2) is 4.68 Å². The van der Waals surface area contributed by atoms with Crippen molar-refractivity contribution in [3.05, 3.63) is 48.3 Å². The average Bonchev–Trinajstić information content (AvgIpc) is 2.95. The van der Waals surface area contributed by atoms with Gasteiger partial charge in [0.2, 0.25) is 0 Å². The van der Waals surface area contributed by atoms with E-state index in [-0.39, 0.29) is 24.0 Å². The van der Waals surface area contributed by atoms with Crippen LogP contribution in [-0.2, 0) is 6.54 Å². The maximum atomic E-state index is 4.44. The molecule has 124 valence electrons. The summed E-state index contributed by atoms with van der Waals surface area (Å²) in [6.45, 7) is 0.791. The summed E-state index contributed by atoms with van der Waals surface area (Å²) in [6, 6.07) is 10.8. The van der Waals surface area contributed by atoms with E-state index in [4.69, 9.17) is 0 Å². The molecule has 0 unspecified atom stereocenters. The fraction of sp³-hybridized carbons (Fsp3) is 0.412. The summed E-state index contributed by atoms with van der Waals surface area (Å²) in [7, 11) is 3.90. The first-order chi connectivity index (χ1) is 10.8. The Hall–Kier alpha value is -1.57. The molecule has 1 fully saturated rings. The molecule has 1 heterocycles. The second kappa shape index (κ2) is 8.33. The van der Waals surface area contributed by atoms with Crippen LogP contribution in [0.5, 0.6) is 0 Å². The highest BCUT2D eigenvalue weighted by Gasteiger charge is 2.20. The van der Waals surface area contributed by atoms with Crippen molar-refractivity contribution in [2.45, 2.75) is 31.8 Å². The highest BCUT2D eigenvalue weighted by molar-refractivity contribution is 14.0. The van der Waals surface area contributed by atoms with E-state index in [1.54, 1.807) is 0 Å². The summed E-state index contributed by atoms with van der Waals surface area (Å²) in [4.78, 5) is 6.52. The normalized spacial score (nSPS) is 14.8. The number of hydrogen-bond acceptors (Lipinski definition) is 2. The Morgan fingerprint density at radius 2 is 2.09 bits per heavy atom. The van der Waals surface area contributed by atoms with Crippen LogP contribution >= 0.6 is 24.0 Å². The number of halogens is 1. The molecule has 0 atom stereocenters. The number of nitrogens with zero attached hydrogens (tertiary/aromatic N) is 4. The van der Waals surface area contributed by atoms with E-state index >= 15 is 0 Å². The minimum atomic E-state index is 0. The Kier molecular flexibility index (Phi) is 6.44. The number of aliphatic imine (C=N–C) groups is 1. The van der Waals surface area contributed by atoms with Gasteiger partial charge in [-0.1, -0.05) is 18.2 Å². The second-order valence-electron chi connectivity index (χ2n) is 5.80. The molecule has 3 rings (SSSR count). The maximum absolute atomic E-state index is 4.44. The molecule has 1 saturated carbocycles. The predicted octanol–water partition coefficient (Wildman–Crippen LogP) is 3.05. The van der Waals surface area contributed by atoms with Gasteiger partial charge in [0.25, 0.3) is 0 Å². The first kappa shape index (κ1) is 17.8. The van der Waals surface area contributed by atoms with Crippen LogP contribution in [0.4, 0.5) is 0 Å². The molecule has 0 aliphatic heterocycles. The number of benzene rings is 1. The molecular weight excluding hydrogens is 401 g/mol. The van der Waals surface area contributed by atoms with Crippen LogP contribution in [0.25, 0.3) is 5.69 Å². The third-order valence-electron chi connectivity index (χ3n) is 4.09. The topological polar surface area (TPSA) is 45.5 Å². The van der Waals surface area contributed by atoms with Gasteiger partial charge >= 0.3 is 0 Å². The maximum Gasteiger partial charge on any atom is 0.193 e. The van der Waals surface area contributed by atoms with E-state index in [9.17, 15) is 0 Å². The summed E-state index contributed by atoms with van der Waals surface area (Å²) in [5, 5.41) is 7.95. The Morgan fingerprint density at radius 3 is 2.70 bits per heavy atom. The van der Waals surface area contributed by atoms with Crippen LogP contribution in [0.15, 0.2) is 47.7 Å². The number of para-hydroxylation sites is 1. The molecule has 1 N–H and O–H groups in total. The van der Waals surface area contributed by atoms with Crippen molar-refractivity contribution in [3.63, 3.8) is 0 Å². The van der Waals surface area contributed by atoms with Gasteiger partial charge in [-0.05, 0) is 31.4 Å². The van der Waals surface area contributed by atoms with Crippen LogP contribution < -0.4 is 5.32 Å². The third-order valence-corrected chi connectivity index (χ3v) is 4.09. The van der Waals surface area contributed by atoms with Gasteiger partial charge in [0.1, 0.15) is 0 Å². The summed E-state index contributed by atoms with van der Waals surface area (Å²) in [5.41, 5.74) is 2.25. The van der Waals surface area contributed by atoms with E-state index in [2.05, 4.69) is 45.7 Å². The fourth-order valence-electron chi connectivity index (χ4n) is 2.59. The Balaban J connectivity index is 0.00000192. The van der Waals surface area contributed by atoms with Crippen molar-refractivity contribution < 1.29 is 0 Å². The molecule has 2 aromatic rings. The van der Waals surface area contributed by atoms with Crippen LogP contribution in [0.3, 0.4) is 0 Å². The van der Waals surface area contributed by atoms with Crippen LogP contribution in [-0.4, -0.2) is 40.8 Å². The number of aromatic nitrogens is 2. The molecule has 6 heteroatoms. The van der Waals surface area contributed by atoms with Crippen molar-refractivity contribution in [2.24, 2.45) is 4.99 Å². The van der Waals surface area contributed by atoms with E-state index in [0.29, 0.717) is 6.04 Å².